The number of hydrogen-bond acceptors (Lipinski definition) is 4. The zero-order valence-corrected chi connectivity index (χ0v) is 18.2. The van der Waals surface area contributed by atoms with Crippen LogP contribution in [0.3, 0.4) is 0 Å². The van der Waals surface area contributed by atoms with Crippen LogP contribution in [0.2, 0.25) is 0 Å². The van der Waals surface area contributed by atoms with Gasteiger partial charge in [-0.1, -0.05) is 13.8 Å². The molecular formula is C19H19F13O4. The number of rotatable bonds is 6. The van der Waals surface area contributed by atoms with Crippen LogP contribution in [0.1, 0.15) is 26.7 Å². The third kappa shape index (κ3) is 3.32. The van der Waals surface area contributed by atoms with Crippen LogP contribution in [-0.4, -0.2) is 65.4 Å². The van der Waals surface area contributed by atoms with Crippen molar-refractivity contribution in [2.75, 3.05) is 6.61 Å². The van der Waals surface area contributed by atoms with Gasteiger partial charge in [-0.15, -0.1) is 0 Å². The average Bonchev–Trinajstić information content (AvgIpc) is 3.34. The first-order valence-corrected chi connectivity index (χ1v) is 10.4. The van der Waals surface area contributed by atoms with Gasteiger partial charge >= 0.3 is 48.0 Å². The van der Waals surface area contributed by atoms with E-state index in [1.165, 1.54) is 0 Å². The first-order valence-electron chi connectivity index (χ1n) is 10.4. The molecule has 0 spiro atoms. The van der Waals surface area contributed by atoms with Gasteiger partial charge in [0, 0.05) is 0 Å². The van der Waals surface area contributed by atoms with Gasteiger partial charge in [0.2, 0.25) is 0 Å². The Hall–Kier alpha value is -1.52. The summed E-state index contributed by atoms with van der Waals surface area (Å²) in [6, 6.07) is 0. The van der Waals surface area contributed by atoms with Crippen molar-refractivity contribution in [2.45, 2.75) is 74.4 Å². The molecule has 2 aliphatic carbocycles. The van der Waals surface area contributed by atoms with Gasteiger partial charge in [0.05, 0.1) is 5.92 Å². The van der Waals surface area contributed by atoms with Crippen molar-refractivity contribution >= 4 is 5.97 Å². The maximum absolute atomic E-state index is 15.0. The molecule has 0 aromatic heterocycles. The Labute approximate surface area is 194 Å². The fourth-order valence-electron chi connectivity index (χ4n) is 5.43. The predicted molar refractivity (Wildman–Crippen MR) is 89.6 cm³/mol. The van der Waals surface area contributed by atoms with Crippen LogP contribution in [0.15, 0.2) is 0 Å². The van der Waals surface area contributed by atoms with E-state index in [2.05, 4.69) is 9.47 Å². The molecule has 7 unspecified atom stereocenters. The molecule has 2 saturated carbocycles. The van der Waals surface area contributed by atoms with Crippen LogP contribution in [0, 0.1) is 29.6 Å². The molecule has 0 aromatic rings. The number of halogens is 13. The monoisotopic (exact) mass is 558 g/mol. The number of fused-ring (bicyclic) bond motifs is 2. The Kier molecular flexibility index (Phi) is 6.45. The Bertz CT molecular complexity index is 889. The third-order valence-electron chi connectivity index (χ3n) is 7.87. The van der Waals surface area contributed by atoms with Crippen LogP contribution in [0.25, 0.3) is 0 Å². The molecule has 3 rings (SSSR count). The van der Waals surface area contributed by atoms with E-state index in [0.29, 0.717) is 0 Å². The second kappa shape index (κ2) is 7.99. The van der Waals surface area contributed by atoms with Crippen molar-refractivity contribution in [1.29, 1.82) is 0 Å². The van der Waals surface area contributed by atoms with Crippen molar-refractivity contribution in [3.05, 3.63) is 0 Å². The van der Waals surface area contributed by atoms with E-state index < -0.39 is 72.1 Å². The summed E-state index contributed by atoms with van der Waals surface area (Å²) in [5, 5.41) is 9.39. The quantitative estimate of drug-likeness (QED) is 0.356. The van der Waals surface area contributed by atoms with E-state index in [1.807, 2.05) is 0 Å². The fourth-order valence-corrected chi connectivity index (χ4v) is 5.43. The van der Waals surface area contributed by atoms with Gasteiger partial charge in [-0.3, -0.25) is 4.79 Å². The number of carbonyl (C=O) groups is 1. The van der Waals surface area contributed by atoms with E-state index in [-0.39, 0.29) is 30.6 Å². The van der Waals surface area contributed by atoms with Crippen molar-refractivity contribution in [1.82, 2.24) is 0 Å². The number of aliphatic hydroxyl groups is 1. The maximum atomic E-state index is 15.0. The number of carbonyl (C=O) groups excluding carboxylic acids is 1. The van der Waals surface area contributed by atoms with Gasteiger partial charge in [-0.25, -0.2) is 8.78 Å². The molecule has 3 aliphatic rings. The molecule has 4 nitrogen and oxygen atoms in total. The molecule has 0 radical (unpaired) electrons. The summed E-state index contributed by atoms with van der Waals surface area (Å²) in [6.45, 7) is 0.199. The SMILES string of the molecule is CC1C2CC(C(=O)OC3(C(F)(F)C(F)(F)C(F)(F)C(F)F)COC(O)(C(F)(F)F)C3(F)F)C(C2)C1C. The van der Waals surface area contributed by atoms with Gasteiger partial charge in [0.1, 0.15) is 6.61 Å². The highest BCUT2D eigenvalue weighted by molar-refractivity contribution is 5.74. The molecule has 2 bridgehead atoms. The lowest BCUT2D eigenvalue weighted by molar-refractivity contribution is -0.433. The number of ether oxygens (including phenoxy) is 2. The van der Waals surface area contributed by atoms with Crippen LogP contribution < -0.4 is 0 Å². The molecular weight excluding hydrogens is 539 g/mol. The molecule has 1 heterocycles. The van der Waals surface area contributed by atoms with Crippen molar-refractivity contribution in [3.8, 4) is 0 Å². The normalized spacial score (nSPS) is 39.2. The van der Waals surface area contributed by atoms with Crippen LogP contribution in [0.5, 0.6) is 0 Å². The molecule has 36 heavy (non-hydrogen) atoms. The largest absolute Gasteiger partial charge is 0.449 e. The van der Waals surface area contributed by atoms with E-state index in [9.17, 15) is 67.0 Å². The van der Waals surface area contributed by atoms with Gasteiger partial charge in [-0.05, 0) is 36.5 Å². The molecule has 17 heteroatoms. The van der Waals surface area contributed by atoms with Crippen molar-refractivity contribution in [2.24, 2.45) is 29.6 Å². The van der Waals surface area contributed by atoms with E-state index in [4.69, 9.17) is 0 Å². The van der Waals surface area contributed by atoms with Crippen LogP contribution >= 0.6 is 0 Å². The number of alkyl halides is 13. The lowest BCUT2D eigenvalue weighted by Gasteiger charge is -2.45. The summed E-state index contributed by atoms with van der Waals surface area (Å²) in [5.74, 6) is -40.1. The molecule has 1 N–H and O–H groups in total. The highest BCUT2D eigenvalue weighted by Crippen LogP contribution is 2.65. The van der Waals surface area contributed by atoms with E-state index in [1.54, 1.807) is 13.8 Å². The highest BCUT2D eigenvalue weighted by atomic mass is 19.4. The molecule has 0 aromatic carbocycles. The van der Waals surface area contributed by atoms with Crippen molar-refractivity contribution < 1.29 is 76.5 Å². The standard InChI is InChI=1S/C19H19F13O4/c1-6-7(2)9-3-8(6)4-10(9)11(33)36-13(5-35-18(34,16(13,26)27)19(30,31)32)15(24,25)17(28,29)14(22,23)12(20)21/h6-10,12,34H,3-5H2,1-2H3. The van der Waals surface area contributed by atoms with Gasteiger partial charge in [0.25, 0.3) is 5.60 Å². The second-order valence-electron chi connectivity index (χ2n) is 9.55. The average molecular weight is 558 g/mol. The summed E-state index contributed by atoms with van der Waals surface area (Å²) in [7, 11) is 0. The molecule has 1 aliphatic heterocycles. The topological polar surface area (TPSA) is 55.8 Å². The first kappa shape index (κ1) is 29.0. The Balaban J connectivity index is 2.15. The summed E-state index contributed by atoms with van der Waals surface area (Å²) in [4.78, 5) is 12.7. The summed E-state index contributed by atoms with van der Waals surface area (Å²) >= 11 is 0. The van der Waals surface area contributed by atoms with Crippen molar-refractivity contribution in [3.63, 3.8) is 0 Å². The summed E-state index contributed by atoms with van der Waals surface area (Å²) in [5.41, 5.74) is -5.96. The van der Waals surface area contributed by atoms with Gasteiger partial charge in [0.15, 0.2) is 0 Å². The zero-order chi connectivity index (χ0) is 28.1. The van der Waals surface area contributed by atoms with E-state index in [0.717, 1.165) is 0 Å². The Morgan fingerprint density at radius 3 is 1.89 bits per heavy atom. The smallest absolute Gasteiger partial charge is 0.443 e. The predicted octanol–water partition coefficient (Wildman–Crippen LogP) is 5.28. The highest BCUT2D eigenvalue weighted by Gasteiger charge is 2.95. The number of hydrogen-bond donors (Lipinski definition) is 1. The minimum atomic E-state index is -7.52. The molecule has 0 amide bonds. The molecule has 7 atom stereocenters. The summed E-state index contributed by atoms with van der Waals surface area (Å²) in [6.07, 6.45) is -12.4. The molecule has 1 saturated heterocycles. The maximum Gasteiger partial charge on any atom is 0.449 e. The molecule has 3 fully saturated rings. The first-order chi connectivity index (χ1) is 15.9. The Morgan fingerprint density at radius 2 is 1.50 bits per heavy atom. The minimum Gasteiger partial charge on any atom is -0.443 e. The Morgan fingerprint density at radius 1 is 0.972 bits per heavy atom. The zero-order valence-electron chi connectivity index (χ0n) is 18.2. The minimum absolute atomic E-state index is 0.0740. The second-order valence-corrected chi connectivity index (χ2v) is 9.55. The molecule has 210 valence electrons. The van der Waals surface area contributed by atoms with Crippen LogP contribution in [0.4, 0.5) is 57.1 Å². The van der Waals surface area contributed by atoms with Gasteiger partial charge < -0.3 is 14.6 Å². The fraction of sp³-hybridized carbons (Fsp3) is 0.947. The lowest BCUT2D eigenvalue weighted by Crippen LogP contribution is -2.76. The number of esters is 1. The van der Waals surface area contributed by atoms with E-state index >= 15 is 0 Å². The van der Waals surface area contributed by atoms with Crippen LogP contribution in [-0.2, 0) is 14.3 Å². The third-order valence-corrected chi connectivity index (χ3v) is 7.87. The summed E-state index contributed by atoms with van der Waals surface area (Å²) < 4.78 is 187. The lowest BCUT2D eigenvalue weighted by atomic mass is 9.75. The van der Waals surface area contributed by atoms with Gasteiger partial charge in [-0.2, -0.15) is 48.3 Å².